The van der Waals surface area contributed by atoms with Crippen LogP contribution in [0.5, 0.6) is 0 Å². The monoisotopic (exact) mass is 305 g/mol. The first kappa shape index (κ1) is 13.7. The highest BCUT2D eigenvalue weighted by atomic mass is 16.2. The zero-order valence-corrected chi connectivity index (χ0v) is 12.4. The van der Waals surface area contributed by atoms with Crippen molar-refractivity contribution in [3.8, 4) is 0 Å². The number of nitrogens with one attached hydrogen (secondary N) is 1. The highest BCUT2D eigenvalue weighted by molar-refractivity contribution is 6.07. The van der Waals surface area contributed by atoms with Crippen molar-refractivity contribution >= 4 is 22.8 Å². The summed E-state index contributed by atoms with van der Waals surface area (Å²) in [6, 6.07) is 13.3. The fourth-order valence-corrected chi connectivity index (χ4v) is 3.12. The predicted octanol–water partition coefficient (Wildman–Crippen LogP) is 2.61. The molecule has 0 radical (unpaired) electrons. The summed E-state index contributed by atoms with van der Waals surface area (Å²) in [4.78, 5) is 33.7. The Bertz CT molecular complexity index is 885. The van der Waals surface area contributed by atoms with Crippen molar-refractivity contribution in [2.24, 2.45) is 0 Å². The average Bonchev–Trinajstić information content (AvgIpc) is 3.12. The van der Waals surface area contributed by atoms with E-state index < -0.39 is 5.92 Å². The Morgan fingerprint density at radius 2 is 1.96 bits per heavy atom. The second-order valence-electron chi connectivity index (χ2n) is 5.70. The molecule has 5 heteroatoms. The number of rotatable bonds is 3. The van der Waals surface area contributed by atoms with Gasteiger partial charge in [-0.1, -0.05) is 30.3 Å². The fraction of sp³-hybridized carbons (Fsp3) is 0.167. The van der Waals surface area contributed by atoms with Crippen LogP contribution < -0.4 is 0 Å². The molecule has 1 aliphatic heterocycles. The molecule has 1 N–H and O–H groups in total. The summed E-state index contributed by atoms with van der Waals surface area (Å²) in [5, 5.41) is 0.903. The summed E-state index contributed by atoms with van der Waals surface area (Å²) in [5.74, 6) is -0.685. The zero-order chi connectivity index (χ0) is 15.8. The number of hydrogen-bond donors (Lipinski definition) is 1. The third-order valence-electron chi connectivity index (χ3n) is 4.29. The predicted molar refractivity (Wildman–Crippen MR) is 85.5 cm³/mol. The molecule has 1 aliphatic rings. The minimum absolute atomic E-state index is 0.123. The Hall–Kier alpha value is -2.95. The number of hydrogen-bond acceptors (Lipinski definition) is 3. The van der Waals surface area contributed by atoms with Gasteiger partial charge in [0.1, 0.15) is 5.65 Å². The topological polar surface area (TPSA) is 66.1 Å². The molecule has 0 aliphatic carbocycles. The van der Waals surface area contributed by atoms with Gasteiger partial charge in [0, 0.05) is 24.2 Å². The van der Waals surface area contributed by atoms with Crippen molar-refractivity contribution in [3.05, 3.63) is 66.0 Å². The number of fused-ring (bicyclic) bond motifs is 1. The molecule has 4 rings (SSSR count). The van der Waals surface area contributed by atoms with E-state index in [1.165, 1.54) is 4.90 Å². The lowest BCUT2D eigenvalue weighted by Crippen LogP contribution is -2.29. The van der Waals surface area contributed by atoms with E-state index in [1.54, 1.807) is 12.4 Å². The minimum atomic E-state index is -0.427. The number of aromatic nitrogens is 2. The van der Waals surface area contributed by atoms with Crippen LogP contribution in [0.25, 0.3) is 11.0 Å². The summed E-state index contributed by atoms with van der Waals surface area (Å²) < 4.78 is 0. The van der Waals surface area contributed by atoms with Gasteiger partial charge in [-0.3, -0.25) is 14.5 Å². The standard InChI is InChI=1S/C18H15N3O2/c22-16-9-14(15-10-20-17-13(15)7-4-8-19-17)18(23)21(16)11-12-5-2-1-3-6-12/h1-8,10,14H,9,11H2,(H,19,20). The molecule has 1 atom stereocenters. The number of H-pyrrole nitrogens is 1. The van der Waals surface area contributed by atoms with Gasteiger partial charge in [-0.05, 0) is 23.3 Å². The molecule has 1 aromatic carbocycles. The molecule has 3 aromatic rings. The van der Waals surface area contributed by atoms with E-state index in [-0.39, 0.29) is 18.2 Å². The normalized spacial score (nSPS) is 18.1. The van der Waals surface area contributed by atoms with Crippen molar-refractivity contribution in [3.63, 3.8) is 0 Å². The van der Waals surface area contributed by atoms with E-state index in [1.807, 2.05) is 42.5 Å². The van der Waals surface area contributed by atoms with Gasteiger partial charge in [-0.25, -0.2) is 4.98 Å². The zero-order valence-electron chi connectivity index (χ0n) is 12.4. The van der Waals surface area contributed by atoms with Gasteiger partial charge in [0.2, 0.25) is 11.8 Å². The molecule has 0 saturated carbocycles. The van der Waals surface area contributed by atoms with E-state index in [0.29, 0.717) is 6.54 Å². The van der Waals surface area contributed by atoms with Gasteiger partial charge < -0.3 is 4.98 Å². The maximum Gasteiger partial charge on any atom is 0.237 e. The number of amides is 2. The molecule has 5 nitrogen and oxygen atoms in total. The summed E-state index contributed by atoms with van der Waals surface area (Å²) in [6.07, 6.45) is 3.71. The van der Waals surface area contributed by atoms with Gasteiger partial charge in [-0.2, -0.15) is 0 Å². The Morgan fingerprint density at radius 1 is 1.13 bits per heavy atom. The highest BCUT2D eigenvalue weighted by Gasteiger charge is 2.40. The summed E-state index contributed by atoms with van der Waals surface area (Å²) >= 11 is 0. The molecule has 114 valence electrons. The molecule has 0 bridgehead atoms. The number of carbonyl (C=O) groups is 2. The lowest BCUT2D eigenvalue weighted by Gasteiger charge is -2.15. The lowest BCUT2D eigenvalue weighted by molar-refractivity contribution is -0.139. The quantitative estimate of drug-likeness (QED) is 0.756. The first-order valence-corrected chi connectivity index (χ1v) is 7.54. The van der Waals surface area contributed by atoms with Gasteiger partial charge in [0.15, 0.2) is 0 Å². The van der Waals surface area contributed by atoms with Gasteiger partial charge in [0.25, 0.3) is 0 Å². The summed E-state index contributed by atoms with van der Waals surface area (Å²) in [6.45, 7) is 0.329. The van der Waals surface area contributed by atoms with E-state index in [9.17, 15) is 9.59 Å². The summed E-state index contributed by atoms with van der Waals surface area (Å²) in [5.41, 5.74) is 2.54. The molecular weight excluding hydrogens is 290 g/mol. The van der Waals surface area contributed by atoms with Crippen LogP contribution in [0.2, 0.25) is 0 Å². The largest absolute Gasteiger partial charge is 0.346 e. The van der Waals surface area contributed by atoms with Crippen LogP contribution in [0.1, 0.15) is 23.5 Å². The van der Waals surface area contributed by atoms with E-state index in [4.69, 9.17) is 0 Å². The smallest absolute Gasteiger partial charge is 0.237 e. The Labute approximate surface area is 133 Å². The number of aromatic amines is 1. The van der Waals surface area contributed by atoms with E-state index in [0.717, 1.165) is 22.2 Å². The SMILES string of the molecule is O=C1CC(c2c[nH]c3ncccc23)C(=O)N1Cc1ccccc1. The highest BCUT2D eigenvalue weighted by Crippen LogP contribution is 2.34. The fourth-order valence-electron chi connectivity index (χ4n) is 3.12. The van der Waals surface area contributed by atoms with Gasteiger partial charge in [0.05, 0.1) is 12.5 Å². The third kappa shape index (κ3) is 2.30. The van der Waals surface area contributed by atoms with Gasteiger partial charge >= 0.3 is 0 Å². The number of benzene rings is 1. The Balaban J connectivity index is 1.65. The van der Waals surface area contributed by atoms with Crippen molar-refractivity contribution in [1.82, 2.24) is 14.9 Å². The Morgan fingerprint density at radius 3 is 2.78 bits per heavy atom. The molecule has 1 fully saturated rings. The van der Waals surface area contributed by atoms with Crippen molar-refractivity contribution in [2.45, 2.75) is 18.9 Å². The average molecular weight is 305 g/mol. The molecule has 2 amide bonds. The van der Waals surface area contributed by atoms with Crippen molar-refractivity contribution in [1.29, 1.82) is 0 Å². The number of nitrogens with zero attached hydrogens (tertiary/aromatic N) is 2. The van der Waals surface area contributed by atoms with Crippen LogP contribution in [0, 0.1) is 0 Å². The number of carbonyl (C=O) groups excluding carboxylic acids is 2. The van der Waals surface area contributed by atoms with Crippen LogP contribution >= 0.6 is 0 Å². The van der Waals surface area contributed by atoms with Gasteiger partial charge in [-0.15, -0.1) is 0 Å². The third-order valence-corrected chi connectivity index (χ3v) is 4.29. The van der Waals surface area contributed by atoms with Crippen LogP contribution in [0.15, 0.2) is 54.9 Å². The molecule has 0 spiro atoms. The molecular formula is C18H15N3O2. The maximum absolute atomic E-state index is 12.7. The first-order chi connectivity index (χ1) is 11.2. The maximum atomic E-state index is 12.7. The van der Waals surface area contributed by atoms with Crippen LogP contribution in [-0.2, 0) is 16.1 Å². The van der Waals surface area contributed by atoms with Crippen LogP contribution in [-0.4, -0.2) is 26.7 Å². The van der Waals surface area contributed by atoms with Crippen LogP contribution in [0.4, 0.5) is 0 Å². The number of pyridine rings is 1. The second-order valence-corrected chi connectivity index (χ2v) is 5.70. The molecule has 23 heavy (non-hydrogen) atoms. The van der Waals surface area contributed by atoms with Crippen molar-refractivity contribution in [2.75, 3.05) is 0 Å². The van der Waals surface area contributed by atoms with Crippen molar-refractivity contribution < 1.29 is 9.59 Å². The second kappa shape index (κ2) is 5.35. The molecule has 1 unspecified atom stereocenters. The van der Waals surface area contributed by atoms with E-state index in [2.05, 4.69) is 9.97 Å². The Kier molecular flexibility index (Phi) is 3.19. The first-order valence-electron chi connectivity index (χ1n) is 7.54. The van der Waals surface area contributed by atoms with Crippen LogP contribution in [0.3, 0.4) is 0 Å². The lowest BCUT2D eigenvalue weighted by atomic mass is 9.98. The minimum Gasteiger partial charge on any atom is -0.346 e. The molecule has 1 saturated heterocycles. The molecule has 3 heterocycles. The number of imide groups is 1. The van der Waals surface area contributed by atoms with E-state index >= 15 is 0 Å². The number of likely N-dealkylation sites (tertiary alicyclic amines) is 1. The molecule has 2 aromatic heterocycles. The summed E-state index contributed by atoms with van der Waals surface area (Å²) in [7, 11) is 0.